The summed E-state index contributed by atoms with van der Waals surface area (Å²) in [7, 11) is 0. The lowest BCUT2D eigenvalue weighted by Gasteiger charge is -2.07. The summed E-state index contributed by atoms with van der Waals surface area (Å²) in [4.78, 5) is 26.9. The van der Waals surface area contributed by atoms with Gasteiger partial charge in [-0.1, -0.05) is 23.7 Å². The zero-order valence-corrected chi connectivity index (χ0v) is 12.0. The monoisotopic (exact) mass is 304 g/mol. The summed E-state index contributed by atoms with van der Waals surface area (Å²) >= 11 is 5.86. The van der Waals surface area contributed by atoms with Gasteiger partial charge in [0.25, 0.3) is 5.91 Å². The number of amides is 1. The summed E-state index contributed by atoms with van der Waals surface area (Å²) < 4.78 is 0. The van der Waals surface area contributed by atoms with E-state index in [0.29, 0.717) is 17.3 Å². The molecule has 0 unspecified atom stereocenters. The van der Waals surface area contributed by atoms with Gasteiger partial charge in [-0.3, -0.25) is 4.79 Å². The third kappa shape index (κ3) is 3.79. The van der Waals surface area contributed by atoms with E-state index in [9.17, 15) is 9.59 Å². The standard InChI is InChI=1S/C15H13ClN2O3/c1-9-12(15(20)21)5-6-13(18-9)14(19)17-8-10-3-2-4-11(16)7-10/h2-7H,8H2,1H3,(H,17,19)(H,20,21). The minimum absolute atomic E-state index is 0.0846. The average molecular weight is 305 g/mol. The van der Waals surface area contributed by atoms with Crippen LogP contribution in [0.25, 0.3) is 0 Å². The number of aryl methyl sites for hydroxylation is 1. The molecule has 1 aromatic carbocycles. The molecule has 21 heavy (non-hydrogen) atoms. The fourth-order valence-electron chi connectivity index (χ4n) is 1.83. The highest BCUT2D eigenvalue weighted by atomic mass is 35.5. The first-order valence-electron chi connectivity index (χ1n) is 6.21. The van der Waals surface area contributed by atoms with Gasteiger partial charge >= 0.3 is 5.97 Å². The zero-order valence-electron chi connectivity index (χ0n) is 11.3. The van der Waals surface area contributed by atoms with Gasteiger partial charge in [-0.05, 0) is 36.8 Å². The largest absolute Gasteiger partial charge is 0.478 e. The smallest absolute Gasteiger partial charge is 0.337 e. The molecule has 0 spiro atoms. The van der Waals surface area contributed by atoms with Crippen LogP contribution >= 0.6 is 11.6 Å². The lowest BCUT2D eigenvalue weighted by Crippen LogP contribution is -2.24. The highest BCUT2D eigenvalue weighted by Crippen LogP contribution is 2.11. The lowest BCUT2D eigenvalue weighted by atomic mass is 10.2. The number of carbonyl (C=O) groups excluding carboxylic acids is 1. The number of nitrogens with one attached hydrogen (secondary N) is 1. The van der Waals surface area contributed by atoms with Gasteiger partial charge < -0.3 is 10.4 Å². The maximum atomic E-state index is 12.0. The van der Waals surface area contributed by atoms with Gasteiger partial charge in [0.15, 0.2) is 0 Å². The van der Waals surface area contributed by atoms with Crippen molar-refractivity contribution in [3.8, 4) is 0 Å². The average Bonchev–Trinajstić information content (AvgIpc) is 2.44. The van der Waals surface area contributed by atoms with Crippen LogP contribution in [0, 0.1) is 6.92 Å². The van der Waals surface area contributed by atoms with Crippen LogP contribution in [-0.4, -0.2) is 22.0 Å². The summed E-state index contributed by atoms with van der Waals surface area (Å²) in [5, 5.41) is 12.2. The molecule has 2 N–H and O–H groups in total. The van der Waals surface area contributed by atoms with E-state index in [0.717, 1.165) is 5.56 Å². The molecule has 0 fully saturated rings. The molecule has 0 aliphatic carbocycles. The molecule has 0 bridgehead atoms. The number of pyridine rings is 1. The van der Waals surface area contributed by atoms with Gasteiger partial charge in [0.1, 0.15) is 5.69 Å². The highest BCUT2D eigenvalue weighted by molar-refractivity contribution is 6.30. The van der Waals surface area contributed by atoms with Crippen LogP contribution in [0.2, 0.25) is 5.02 Å². The number of carboxylic acid groups (broad SMARTS) is 1. The highest BCUT2D eigenvalue weighted by Gasteiger charge is 2.12. The van der Waals surface area contributed by atoms with Crippen molar-refractivity contribution in [1.82, 2.24) is 10.3 Å². The van der Waals surface area contributed by atoms with Crippen molar-refractivity contribution < 1.29 is 14.7 Å². The number of hydrogen-bond donors (Lipinski definition) is 2. The van der Waals surface area contributed by atoms with E-state index in [-0.39, 0.29) is 17.2 Å². The number of carbonyl (C=O) groups is 2. The summed E-state index contributed by atoms with van der Waals surface area (Å²) in [6.07, 6.45) is 0. The Morgan fingerprint density at radius 3 is 2.67 bits per heavy atom. The summed E-state index contributed by atoms with van der Waals surface area (Å²) in [6.45, 7) is 1.87. The molecule has 1 aromatic heterocycles. The molecular formula is C15H13ClN2O3. The van der Waals surface area contributed by atoms with E-state index in [1.165, 1.54) is 12.1 Å². The Morgan fingerprint density at radius 1 is 1.29 bits per heavy atom. The molecule has 0 atom stereocenters. The van der Waals surface area contributed by atoms with Gasteiger partial charge in [0, 0.05) is 11.6 Å². The molecule has 0 aliphatic heterocycles. The number of carboxylic acids is 1. The molecule has 1 heterocycles. The van der Waals surface area contributed by atoms with E-state index < -0.39 is 5.97 Å². The first kappa shape index (κ1) is 15.0. The number of rotatable bonds is 4. The van der Waals surface area contributed by atoms with Gasteiger partial charge in [-0.25, -0.2) is 9.78 Å². The first-order chi connectivity index (χ1) is 9.97. The molecule has 0 aliphatic rings. The second-order valence-corrected chi connectivity index (χ2v) is 4.88. The summed E-state index contributed by atoms with van der Waals surface area (Å²) in [5.74, 6) is -1.43. The second kappa shape index (κ2) is 6.37. The molecule has 2 rings (SSSR count). The Balaban J connectivity index is 2.07. The molecule has 0 saturated carbocycles. The topological polar surface area (TPSA) is 79.3 Å². The summed E-state index contributed by atoms with van der Waals surface area (Å²) in [6, 6.07) is 9.92. The van der Waals surface area contributed by atoms with Crippen LogP contribution in [0.1, 0.15) is 32.1 Å². The van der Waals surface area contributed by atoms with Crippen LogP contribution in [0.3, 0.4) is 0 Å². The van der Waals surface area contributed by atoms with Crippen molar-refractivity contribution in [2.24, 2.45) is 0 Å². The van der Waals surface area contributed by atoms with Crippen molar-refractivity contribution >= 4 is 23.5 Å². The van der Waals surface area contributed by atoms with Crippen molar-refractivity contribution in [1.29, 1.82) is 0 Å². The van der Waals surface area contributed by atoms with Crippen molar-refractivity contribution in [2.75, 3.05) is 0 Å². The maximum absolute atomic E-state index is 12.0. The predicted octanol–water partition coefficient (Wildman–Crippen LogP) is 2.67. The van der Waals surface area contributed by atoms with Gasteiger partial charge in [-0.2, -0.15) is 0 Å². The molecule has 108 valence electrons. The molecule has 2 aromatic rings. The van der Waals surface area contributed by atoms with E-state index in [4.69, 9.17) is 16.7 Å². The first-order valence-corrected chi connectivity index (χ1v) is 6.59. The van der Waals surface area contributed by atoms with Crippen molar-refractivity contribution in [2.45, 2.75) is 13.5 Å². The number of aromatic carboxylic acids is 1. The van der Waals surface area contributed by atoms with Crippen molar-refractivity contribution in [3.05, 3.63) is 63.9 Å². The molecule has 6 heteroatoms. The van der Waals surface area contributed by atoms with E-state index in [2.05, 4.69) is 10.3 Å². The fourth-order valence-corrected chi connectivity index (χ4v) is 2.05. The van der Waals surface area contributed by atoms with Crippen molar-refractivity contribution in [3.63, 3.8) is 0 Å². The Kier molecular flexibility index (Phi) is 4.55. The Hall–Kier alpha value is -2.40. The third-order valence-corrected chi connectivity index (χ3v) is 3.13. The Morgan fingerprint density at radius 2 is 2.05 bits per heavy atom. The normalized spacial score (nSPS) is 10.2. The number of hydrogen-bond acceptors (Lipinski definition) is 3. The van der Waals surface area contributed by atoms with Gasteiger partial charge in [0.05, 0.1) is 11.3 Å². The molecular weight excluding hydrogens is 292 g/mol. The third-order valence-electron chi connectivity index (χ3n) is 2.89. The predicted molar refractivity (Wildman–Crippen MR) is 78.6 cm³/mol. The SMILES string of the molecule is Cc1nc(C(=O)NCc2cccc(Cl)c2)ccc1C(=O)O. The zero-order chi connectivity index (χ0) is 15.4. The van der Waals surface area contributed by atoms with Crippen LogP contribution in [0.5, 0.6) is 0 Å². The maximum Gasteiger partial charge on any atom is 0.337 e. The molecule has 5 nitrogen and oxygen atoms in total. The van der Waals surface area contributed by atoms with Gasteiger partial charge in [-0.15, -0.1) is 0 Å². The second-order valence-electron chi connectivity index (χ2n) is 4.45. The Bertz CT molecular complexity index is 701. The minimum Gasteiger partial charge on any atom is -0.478 e. The minimum atomic E-state index is -1.06. The Labute approximate surface area is 126 Å². The molecule has 0 radical (unpaired) electrons. The van der Waals surface area contributed by atoms with Crippen LogP contribution in [0.4, 0.5) is 0 Å². The van der Waals surface area contributed by atoms with Crippen LogP contribution < -0.4 is 5.32 Å². The number of benzene rings is 1. The lowest BCUT2D eigenvalue weighted by molar-refractivity contribution is 0.0694. The number of nitrogens with zero attached hydrogens (tertiary/aromatic N) is 1. The number of aromatic nitrogens is 1. The van der Waals surface area contributed by atoms with Crippen LogP contribution in [-0.2, 0) is 6.54 Å². The van der Waals surface area contributed by atoms with Crippen LogP contribution in [0.15, 0.2) is 36.4 Å². The number of halogens is 1. The van der Waals surface area contributed by atoms with E-state index in [1.54, 1.807) is 25.1 Å². The summed E-state index contributed by atoms with van der Waals surface area (Å²) in [5.41, 5.74) is 1.44. The molecule has 1 amide bonds. The quantitative estimate of drug-likeness (QED) is 0.910. The molecule has 0 saturated heterocycles. The van der Waals surface area contributed by atoms with E-state index >= 15 is 0 Å². The van der Waals surface area contributed by atoms with Gasteiger partial charge in [0.2, 0.25) is 0 Å². The fraction of sp³-hybridized carbons (Fsp3) is 0.133. The van der Waals surface area contributed by atoms with E-state index in [1.807, 2.05) is 6.07 Å².